The molecule has 1 saturated carbocycles. The molecule has 3 rings (SSSR count). The van der Waals surface area contributed by atoms with Crippen molar-refractivity contribution in [2.45, 2.75) is 43.2 Å². The van der Waals surface area contributed by atoms with Crippen LogP contribution in [0.1, 0.15) is 31.2 Å². The van der Waals surface area contributed by atoms with Gasteiger partial charge in [0.2, 0.25) is 15.9 Å². The van der Waals surface area contributed by atoms with Crippen LogP contribution in [0, 0.1) is 5.92 Å². The molecule has 1 unspecified atom stereocenters. The minimum atomic E-state index is -3.88. The summed E-state index contributed by atoms with van der Waals surface area (Å²) < 4.78 is 33.7. The summed E-state index contributed by atoms with van der Waals surface area (Å²) >= 11 is 0. The molecule has 0 spiro atoms. The standard InChI is InChI=1S/C21H26N2O5S/c1-28-17-11-13-18(14-12-17)29(26,27)23(15-16-7-3-2-4-8-16)20-10-6-5-9-19(20)21(24)22-25/h2-4,7-8,11-14,19-20,25H,5-6,9-10,15H2,1H3,(H,22,24)/t19-,20?/m1/s1. The van der Waals surface area contributed by atoms with Crippen molar-refractivity contribution in [3.05, 3.63) is 60.2 Å². The third-order valence-corrected chi connectivity index (χ3v) is 7.28. The number of sulfonamides is 1. The number of ether oxygens (including phenoxy) is 1. The van der Waals surface area contributed by atoms with E-state index in [4.69, 9.17) is 4.74 Å². The Morgan fingerprint density at radius 3 is 2.38 bits per heavy atom. The molecule has 0 heterocycles. The Balaban J connectivity index is 2.02. The van der Waals surface area contributed by atoms with E-state index in [1.54, 1.807) is 17.6 Å². The van der Waals surface area contributed by atoms with Crippen molar-refractivity contribution in [1.82, 2.24) is 9.79 Å². The van der Waals surface area contributed by atoms with E-state index >= 15 is 0 Å². The van der Waals surface area contributed by atoms with Crippen molar-refractivity contribution in [3.8, 4) is 5.75 Å². The number of hydroxylamine groups is 1. The zero-order valence-electron chi connectivity index (χ0n) is 16.3. The Kier molecular flexibility index (Phi) is 6.89. The van der Waals surface area contributed by atoms with Gasteiger partial charge in [-0.05, 0) is 42.7 Å². The van der Waals surface area contributed by atoms with Crippen LogP contribution in [0.25, 0.3) is 0 Å². The molecule has 1 aliphatic rings. The van der Waals surface area contributed by atoms with Gasteiger partial charge in [-0.15, -0.1) is 0 Å². The molecule has 2 N–H and O–H groups in total. The van der Waals surface area contributed by atoms with Gasteiger partial charge < -0.3 is 4.74 Å². The topological polar surface area (TPSA) is 95.9 Å². The highest BCUT2D eigenvalue weighted by Gasteiger charge is 2.40. The maximum absolute atomic E-state index is 13.6. The molecular weight excluding hydrogens is 392 g/mol. The molecule has 2 atom stereocenters. The lowest BCUT2D eigenvalue weighted by atomic mass is 9.84. The fourth-order valence-corrected chi connectivity index (χ4v) is 5.55. The predicted octanol–water partition coefficient (Wildman–Crippen LogP) is 2.95. The number of rotatable bonds is 7. The summed E-state index contributed by atoms with van der Waals surface area (Å²) in [6.07, 6.45) is 2.72. The first-order valence-electron chi connectivity index (χ1n) is 9.61. The summed E-state index contributed by atoms with van der Waals surface area (Å²) in [7, 11) is -2.36. The molecule has 8 heteroatoms. The monoisotopic (exact) mass is 418 g/mol. The van der Waals surface area contributed by atoms with Crippen molar-refractivity contribution in [1.29, 1.82) is 0 Å². The summed E-state index contributed by atoms with van der Waals surface area (Å²) in [6, 6.07) is 15.0. The van der Waals surface area contributed by atoms with Gasteiger partial charge in [-0.25, -0.2) is 13.9 Å². The minimum absolute atomic E-state index is 0.142. The zero-order chi connectivity index (χ0) is 20.9. The molecule has 1 amide bonds. The summed E-state index contributed by atoms with van der Waals surface area (Å²) in [6.45, 7) is 0.148. The SMILES string of the molecule is COc1ccc(S(=O)(=O)N(Cc2ccccc2)C2CCCC[C@H]2C(=O)NO)cc1. The molecule has 1 fully saturated rings. The Labute approximate surface area is 171 Å². The molecular formula is C21H26N2O5S. The lowest BCUT2D eigenvalue weighted by Gasteiger charge is -2.38. The van der Waals surface area contributed by atoms with Crippen molar-refractivity contribution >= 4 is 15.9 Å². The van der Waals surface area contributed by atoms with Gasteiger partial charge >= 0.3 is 0 Å². The van der Waals surface area contributed by atoms with Crippen LogP contribution in [-0.2, 0) is 21.4 Å². The van der Waals surface area contributed by atoms with E-state index in [2.05, 4.69) is 0 Å². The number of nitrogens with zero attached hydrogens (tertiary/aromatic N) is 1. The first-order chi connectivity index (χ1) is 14.0. The van der Waals surface area contributed by atoms with Crippen LogP contribution >= 0.6 is 0 Å². The number of hydrogen-bond donors (Lipinski definition) is 2. The second kappa shape index (κ2) is 9.39. The molecule has 0 radical (unpaired) electrons. The summed E-state index contributed by atoms with van der Waals surface area (Å²) in [4.78, 5) is 12.4. The van der Waals surface area contributed by atoms with Crippen molar-refractivity contribution in [3.63, 3.8) is 0 Å². The first kappa shape index (κ1) is 21.3. The smallest absolute Gasteiger partial charge is 0.248 e. The third-order valence-electron chi connectivity index (χ3n) is 5.39. The Bertz CT molecular complexity index is 916. The molecule has 0 aromatic heterocycles. The molecule has 2 aromatic carbocycles. The van der Waals surface area contributed by atoms with E-state index in [1.165, 1.54) is 23.5 Å². The second-order valence-corrected chi connectivity index (χ2v) is 9.04. The van der Waals surface area contributed by atoms with Crippen molar-refractivity contribution in [2.75, 3.05) is 7.11 Å². The Morgan fingerprint density at radius 1 is 1.10 bits per heavy atom. The van der Waals surface area contributed by atoms with Gasteiger partial charge in [0.05, 0.1) is 17.9 Å². The normalized spacial score (nSPS) is 19.7. The number of carbonyl (C=O) groups is 1. The van der Waals surface area contributed by atoms with Gasteiger partial charge in [0.25, 0.3) is 0 Å². The lowest BCUT2D eigenvalue weighted by molar-refractivity contribution is -0.136. The molecule has 7 nitrogen and oxygen atoms in total. The number of amides is 1. The van der Waals surface area contributed by atoms with E-state index in [9.17, 15) is 18.4 Å². The molecule has 0 bridgehead atoms. The molecule has 2 aromatic rings. The van der Waals surface area contributed by atoms with Crippen LogP contribution in [0.4, 0.5) is 0 Å². The fourth-order valence-electron chi connectivity index (χ4n) is 3.87. The van der Waals surface area contributed by atoms with Crippen LogP contribution < -0.4 is 10.2 Å². The zero-order valence-corrected chi connectivity index (χ0v) is 17.1. The Morgan fingerprint density at radius 2 is 1.76 bits per heavy atom. The van der Waals surface area contributed by atoms with Gasteiger partial charge in [0.15, 0.2) is 0 Å². The molecule has 156 valence electrons. The average molecular weight is 419 g/mol. The molecule has 29 heavy (non-hydrogen) atoms. The van der Waals surface area contributed by atoms with E-state index < -0.39 is 27.9 Å². The van der Waals surface area contributed by atoms with E-state index in [0.29, 0.717) is 18.6 Å². The fraction of sp³-hybridized carbons (Fsp3) is 0.381. The largest absolute Gasteiger partial charge is 0.497 e. The Hall–Kier alpha value is -2.42. The number of hydrogen-bond acceptors (Lipinski definition) is 5. The van der Waals surface area contributed by atoms with Crippen LogP contribution in [0.5, 0.6) is 5.75 Å². The lowest BCUT2D eigenvalue weighted by Crippen LogP contribution is -2.50. The molecule has 0 saturated heterocycles. The quantitative estimate of drug-likeness (QED) is 0.532. The van der Waals surface area contributed by atoms with Crippen LogP contribution in [0.15, 0.2) is 59.5 Å². The third kappa shape index (κ3) is 4.77. The van der Waals surface area contributed by atoms with Gasteiger partial charge in [-0.3, -0.25) is 10.0 Å². The maximum atomic E-state index is 13.6. The van der Waals surface area contributed by atoms with Gasteiger partial charge in [-0.1, -0.05) is 43.2 Å². The van der Waals surface area contributed by atoms with Crippen LogP contribution in [0.3, 0.4) is 0 Å². The summed E-state index contributed by atoms with van der Waals surface area (Å²) in [5.74, 6) is -0.586. The number of methoxy groups -OCH3 is 1. The van der Waals surface area contributed by atoms with Crippen LogP contribution in [-0.4, -0.2) is 37.0 Å². The van der Waals surface area contributed by atoms with E-state index in [-0.39, 0.29) is 11.4 Å². The highest BCUT2D eigenvalue weighted by Crippen LogP contribution is 2.34. The summed E-state index contributed by atoms with van der Waals surface area (Å²) in [5.41, 5.74) is 2.54. The first-order valence-corrected chi connectivity index (χ1v) is 11.0. The minimum Gasteiger partial charge on any atom is -0.497 e. The van der Waals surface area contributed by atoms with Crippen molar-refractivity contribution in [2.24, 2.45) is 5.92 Å². The van der Waals surface area contributed by atoms with Crippen LogP contribution in [0.2, 0.25) is 0 Å². The van der Waals surface area contributed by atoms with E-state index in [1.807, 2.05) is 30.3 Å². The van der Waals surface area contributed by atoms with Gasteiger partial charge in [-0.2, -0.15) is 4.31 Å². The second-order valence-electron chi connectivity index (χ2n) is 7.15. The van der Waals surface area contributed by atoms with Crippen molar-refractivity contribution < 1.29 is 23.2 Å². The molecule has 1 aliphatic carbocycles. The number of benzene rings is 2. The number of carbonyl (C=O) groups excluding carboxylic acids is 1. The predicted molar refractivity (Wildman–Crippen MR) is 108 cm³/mol. The van der Waals surface area contributed by atoms with Gasteiger partial charge in [0, 0.05) is 12.6 Å². The highest BCUT2D eigenvalue weighted by atomic mass is 32.2. The van der Waals surface area contributed by atoms with E-state index in [0.717, 1.165) is 18.4 Å². The highest BCUT2D eigenvalue weighted by molar-refractivity contribution is 7.89. The maximum Gasteiger partial charge on any atom is 0.248 e. The van der Waals surface area contributed by atoms with Gasteiger partial charge in [0.1, 0.15) is 5.75 Å². The average Bonchev–Trinajstić information content (AvgIpc) is 2.77. The summed E-state index contributed by atoms with van der Waals surface area (Å²) in [5, 5.41) is 9.17. The number of nitrogens with one attached hydrogen (secondary N) is 1. The molecule has 0 aliphatic heterocycles.